The average molecular weight is 551 g/mol. The molecule has 38 heavy (non-hydrogen) atoms. The molecule has 4 fully saturated rings. The molecule has 3 aliphatic carbocycles. The van der Waals surface area contributed by atoms with Crippen molar-refractivity contribution in [3.05, 3.63) is 51.4 Å². The predicted octanol–water partition coefficient (Wildman–Crippen LogP) is 6.01. The Morgan fingerprint density at radius 3 is 2.37 bits per heavy atom. The van der Waals surface area contributed by atoms with Crippen LogP contribution in [-0.4, -0.2) is 41.6 Å². The molecule has 1 aromatic carbocycles. The van der Waals surface area contributed by atoms with Crippen LogP contribution in [0.2, 0.25) is 5.02 Å². The summed E-state index contributed by atoms with van der Waals surface area (Å²) >= 11 is 6.51. The normalized spacial score (nSPS) is 31.0. The second kappa shape index (κ2) is 10.0. The fraction of sp³-hybridized carbons (Fsp3) is 0.643. The van der Waals surface area contributed by atoms with Gasteiger partial charge in [0.25, 0.3) is 5.56 Å². The second-order valence-corrected chi connectivity index (χ2v) is 11.9. The molecule has 2 aromatic rings. The van der Waals surface area contributed by atoms with Crippen LogP contribution in [0.25, 0.3) is 0 Å². The van der Waals surface area contributed by atoms with Crippen LogP contribution >= 0.6 is 11.6 Å². The van der Waals surface area contributed by atoms with E-state index < -0.39 is 11.7 Å². The Kier molecular flexibility index (Phi) is 6.87. The first-order valence-electron chi connectivity index (χ1n) is 13.8. The van der Waals surface area contributed by atoms with Gasteiger partial charge in [0.15, 0.2) is 0 Å². The molecule has 3 saturated carbocycles. The fourth-order valence-corrected chi connectivity index (χ4v) is 7.03. The lowest BCUT2D eigenvalue weighted by Crippen LogP contribution is -2.41. The van der Waals surface area contributed by atoms with Crippen molar-refractivity contribution in [2.75, 3.05) is 30.0 Å². The second-order valence-electron chi connectivity index (χ2n) is 11.5. The number of hydrogen-bond donors (Lipinski definition) is 1. The Balaban J connectivity index is 1.09. The highest BCUT2D eigenvalue weighted by Gasteiger charge is 2.53. The highest BCUT2D eigenvalue weighted by molar-refractivity contribution is 6.32. The van der Waals surface area contributed by atoms with Crippen LogP contribution in [0.3, 0.4) is 0 Å². The molecule has 0 unspecified atom stereocenters. The van der Waals surface area contributed by atoms with Crippen molar-refractivity contribution in [2.45, 2.75) is 69.8 Å². The summed E-state index contributed by atoms with van der Waals surface area (Å²) in [5.41, 5.74) is 0.506. The van der Waals surface area contributed by atoms with Gasteiger partial charge in [-0.3, -0.25) is 4.79 Å². The number of aromatic nitrogens is 2. The Hall–Kier alpha value is -2.26. The van der Waals surface area contributed by atoms with Gasteiger partial charge in [-0.05, 0) is 80.5 Å². The van der Waals surface area contributed by atoms with Gasteiger partial charge in [-0.15, -0.1) is 0 Å². The Morgan fingerprint density at radius 1 is 1.08 bits per heavy atom. The van der Waals surface area contributed by atoms with Crippen molar-refractivity contribution in [3.8, 4) is 0 Å². The van der Waals surface area contributed by atoms with E-state index in [1.54, 1.807) is 18.3 Å². The molecule has 0 spiro atoms. The first-order chi connectivity index (χ1) is 18.2. The topological polar surface area (TPSA) is 59.4 Å². The number of alkyl halides is 3. The fourth-order valence-electron chi connectivity index (χ4n) is 6.83. The van der Waals surface area contributed by atoms with Gasteiger partial charge in [0.2, 0.25) is 0 Å². The van der Waals surface area contributed by atoms with Crippen LogP contribution in [0.4, 0.5) is 24.5 Å². The van der Waals surface area contributed by atoms with Crippen LogP contribution in [0.1, 0.15) is 57.1 Å². The van der Waals surface area contributed by atoms with Crippen molar-refractivity contribution < 1.29 is 17.9 Å². The molecule has 206 valence electrons. The van der Waals surface area contributed by atoms with Gasteiger partial charge in [0.1, 0.15) is 5.02 Å². The summed E-state index contributed by atoms with van der Waals surface area (Å²) in [6.45, 7) is 4.57. The molecule has 1 saturated heterocycles. The predicted molar refractivity (Wildman–Crippen MR) is 141 cm³/mol. The zero-order valence-electron chi connectivity index (χ0n) is 21.5. The lowest BCUT2D eigenvalue weighted by atomic mass is 9.89. The highest BCUT2D eigenvalue weighted by atomic mass is 35.5. The SMILES string of the molecule is C[C@H]1[C@H]2COC[C@@H](CNc3cnn(C4CCC(N(c5ccc(C(F)(F)F)cc5)C5CC5)CC4)c(=O)c3Cl)[C@H]12. The number of anilines is 2. The average Bonchev–Trinajstić information content (AvgIpc) is 3.84. The number of benzene rings is 1. The summed E-state index contributed by atoms with van der Waals surface area (Å²) in [5, 5.41) is 7.99. The van der Waals surface area contributed by atoms with E-state index in [-0.39, 0.29) is 22.7 Å². The summed E-state index contributed by atoms with van der Waals surface area (Å²) in [4.78, 5) is 15.4. The highest BCUT2D eigenvalue weighted by Crippen LogP contribution is 2.53. The molecule has 4 atom stereocenters. The molecule has 0 radical (unpaired) electrons. The van der Waals surface area contributed by atoms with E-state index in [1.165, 1.54) is 16.8 Å². The van der Waals surface area contributed by atoms with E-state index in [2.05, 4.69) is 22.2 Å². The van der Waals surface area contributed by atoms with Crippen molar-refractivity contribution >= 4 is 23.0 Å². The van der Waals surface area contributed by atoms with Crippen LogP contribution in [-0.2, 0) is 10.9 Å². The number of nitrogens with one attached hydrogen (secondary N) is 1. The first-order valence-corrected chi connectivity index (χ1v) is 14.1. The summed E-state index contributed by atoms with van der Waals surface area (Å²) < 4.78 is 46.3. The summed E-state index contributed by atoms with van der Waals surface area (Å²) in [7, 11) is 0. The third-order valence-electron chi connectivity index (χ3n) is 9.16. The van der Waals surface area contributed by atoms with Gasteiger partial charge in [-0.2, -0.15) is 18.3 Å². The van der Waals surface area contributed by atoms with Crippen molar-refractivity contribution in [2.24, 2.45) is 23.7 Å². The molecule has 2 heterocycles. The Labute approximate surface area is 225 Å². The summed E-state index contributed by atoms with van der Waals surface area (Å²) in [5.74, 6) is 2.44. The van der Waals surface area contributed by atoms with Gasteiger partial charge < -0.3 is 15.0 Å². The third kappa shape index (κ3) is 5.04. The molecule has 0 bridgehead atoms. The molecule has 10 heteroatoms. The van der Waals surface area contributed by atoms with Gasteiger partial charge in [0.05, 0.1) is 30.1 Å². The standard InChI is InChI=1S/C28H34ClF3N4O2/c1-16-23-15-38-14-17(25(16)23)12-33-24-13-34-36(27(37)26(24)29)22-10-8-21(9-11-22)35(20-6-7-20)19-4-2-18(3-5-19)28(30,31)32/h2-5,13,16-17,20-23,25,33H,6-12,14-15H2,1H3/t16-,17+,21?,22?,23+,25-/m0/s1. The minimum atomic E-state index is -4.34. The molecule has 4 aliphatic rings. The summed E-state index contributed by atoms with van der Waals surface area (Å²) in [6, 6.07) is 6.08. The molecule has 0 amide bonds. The molecule has 1 N–H and O–H groups in total. The third-order valence-corrected chi connectivity index (χ3v) is 9.52. The van der Waals surface area contributed by atoms with E-state index in [1.807, 2.05) is 0 Å². The molecule has 1 aromatic heterocycles. The molecule has 1 aliphatic heterocycles. The zero-order chi connectivity index (χ0) is 26.6. The number of hydrogen-bond acceptors (Lipinski definition) is 5. The van der Waals surface area contributed by atoms with Crippen LogP contribution < -0.4 is 15.8 Å². The number of halogens is 4. The van der Waals surface area contributed by atoms with E-state index in [9.17, 15) is 18.0 Å². The van der Waals surface area contributed by atoms with Gasteiger partial charge >= 0.3 is 6.18 Å². The van der Waals surface area contributed by atoms with Crippen LogP contribution in [0.5, 0.6) is 0 Å². The smallest absolute Gasteiger partial charge is 0.382 e. The first kappa shape index (κ1) is 26.0. The van der Waals surface area contributed by atoms with Crippen molar-refractivity contribution in [1.29, 1.82) is 0 Å². The van der Waals surface area contributed by atoms with E-state index in [0.717, 1.165) is 57.4 Å². The van der Waals surface area contributed by atoms with E-state index in [4.69, 9.17) is 16.3 Å². The number of fused-ring (bicyclic) bond motifs is 1. The maximum Gasteiger partial charge on any atom is 0.416 e. The van der Waals surface area contributed by atoms with E-state index >= 15 is 0 Å². The lowest BCUT2D eigenvalue weighted by molar-refractivity contribution is -0.137. The lowest BCUT2D eigenvalue weighted by Gasteiger charge is -2.39. The van der Waals surface area contributed by atoms with Crippen molar-refractivity contribution in [1.82, 2.24) is 9.78 Å². The molecule has 6 nitrogen and oxygen atoms in total. The molecule has 6 rings (SSSR count). The number of ether oxygens (including phenoxy) is 1. The van der Waals surface area contributed by atoms with Crippen LogP contribution in [0, 0.1) is 23.7 Å². The van der Waals surface area contributed by atoms with Gasteiger partial charge in [-0.25, -0.2) is 4.68 Å². The summed E-state index contributed by atoms with van der Waals surface area (Å²) in [6.07, 6.45) is 2.66. The van der Waals surface area contributed by atoms with Gasteiger partial charge in [0, 0.05) is 36.8 Å². The van der Waals surface area contributed by atoms with Crippen molar-refractivity contribution in [3.63, 3.8) is 0 Å². The molecular weight excluding hydrogens is 517 g/mol. The Bertz CT molecular complexity index is 1210. The monoisotopic (exact) mass is 550 g/mol. The Morgan fingerprint density at radius 2 is 1.74 bits per heavy atom. The zero-order valence-corrected chi connectivity index (χ0v) is 22.2. The van der Waals surface area contributed by atoms with Crippen LogP contribution in [0.15, 0.2) is 35.3 Å². The molecular formula is C28H34ClF3N4O2. The minimum absolute atomic E-state index is 0.0428. The largest absolute Gasteiger partial charge is 0.416 e. The maximum atomic E-state index is 13.1. The maximum absolute atomic E-state index is 13.1. The van der Waals surface area contributed by atoms with E-state index in [0.29, 0.717) is 41.9 Å². The minimum Gasteiger partial charge on any atom is -0.382 e. The number of rotatable bonds is 7. The number of nitrogens with zero attached hydrogens (tertiary/aromatic N) is 3. The van der Waals surface area contributed by atoms with Gasteiger partial charge in [-0.1, -0.05) is 18.5 Å². The quantitative estimate of drug-likeness (QED) is 0.457.